The maximum Gasteiger partial charge on any atom is 0.410 e. The zero-order valence-corrected chi connectivity index (χ0v) is 16.0. The van der Waals surface area contributed by atoms with Crippen LogP contribution in [-0.4, -0.2) is 63.4 Å². The average Bonchev–Trinajstić information content (AvgIpc) is 3.13. The van der Waals surface area contributed by atoms with Gasteiger partial charge in [-0.25, -0.2) is 4.79 Å². The Morgan fingerprint density at radius 1 is 1.33 bits per heavy atom. The van der Waals surface area contributed by atoms with Crippen molar-refractivity contribution < 1.29 is 14.6 Å². The molecule has 8 nitrogen and oxygen atoms in total. The Morgan fingerprint density at radius 2 is 2.15 bits per heavy atom. The summed E-state index contributed by atoms with van der Waals surface area (Å²) >= 11 is 0. The second kappa shape index (κ2) is 10.9. The zero-order chi connectivity index (χ0) is 18.2. The Hall–Kier alpha value is -2.16. The third kappa shape index (κ3) is 6.50. The van der Waals surface area contributed by atoms with E-state index in [0.29, 0.717) is 32.7 Å². The number of rotatable bonds is 7. The van der Waals surface area contributed by atoms with Crippen molar-refractivity contribution >= 4 is 18.5 Å². The highest BCUT2D eigenvalue weighted by atomic mass is 35.5. The minimum absolute atomic E-state index is 0. The molecule has 1 aliphatic heterocycles. The molecule has 1 fully saturated rings. The summed E-state index contributed by atoms with van der Waals surface area (Å²) in [5, 5.41) is 20.4. The number of carbonyl (C=O) groups excluding carboxylic acids is 1. The van der Waals surface area contributed by atoms with Gasteiger partial charge in [-0.2, -0.15) is 0 Å². The van der Waals surface area contributed by atoms with Gasteiger partial charge in [-0.1, -0.05) is 35.5 Å². The summed E-state index contributed by atoms with van der Waals surface area (Å²) < 4.78 is 7.19. The molecule has 0 aliphatic carbocycles. The fourth-order valence-corrected chi connectivity index (χ4v) is 2.96. The van der Waals surface area contributed by atoms with E-state index in [1.54, 1.807) is 9.58 Å². The Morgan fingerprint density at radius 3 is 2.93 bits per heavy atom. The third-order valence-electron chi connectivity index (χ3n) is 4.38. The summed E-state index contributed by atoms with van der Waals surface area (Å²) in [6.45, 7) is 3.09. The summed E-state index contributed by atoms with van der Waals surface area (Å²) in [5.41, 5.74) is 1.77. The van der Waals surface area contributed by atoms with Crippen LogP contribution in [0.3, 0.4) is 0 Å². The van der Waals surface area contributed by atoms with Crippen molar-refractivity contribution in [3.05, 3.63) is 47.8 Å². The van der Waals surface area contributed by atoms with Crippen LogP contribution >= 0.6 is 12.4 Å². The number of benzene rings is 1. The number of nitrogens with zero attached hydrogens (tertiary/aromatic N) is 4. The van der Waals surface area contributed by atoms with Crippen LogP contribution in [0.5, 0.6) is 0 Å². The Kier molecular flexibility index (Phi) is 8.50. The standard InChI is InChI=1S/C18H25N5O3.ClH/c24-11-7-17-13-23(21-20-17)9-6-16-12-22(10-8-19-16)18(25)26-14-15-4-2-1-3-5-15;/h1-5,13,16,19,24H,6-12,14H2;1H/t16-;/m1./s1. The van der Waals surface area contributed by atoms with Crippen molar-refractivity contribution in [2.24, 2.45) is 0 Å². The van der Waals surface area contributed by atoms with Crippen molar-refractivity contribution in [2.45, 2.75) is 32.0 Å². The van der Waals surface area contributed by atoms with Gasteiger partial charge in [0.1, 0.15) is 6.61 Å². The van der Waals surface area contributed by atoms with Gasteiger partial charge in [-0.05, 0) is 12.0 Å². The van der Waals surface area contributed by atoms with Crippen LogP contribution in [0.2, 0.25) is 0 Å². The van der Waals surface area contributed by atoms with Gasteiger partial charge in [0.25, 0.3) is 0 Å². The molecule has 1 amide bonds. The molecule has 0 bridgehead atoms. The summed E-state index contributed by atoms with van der Waals surface area (Å²) in [5.74, 6) is 0. The van der Waals surface area contributed by atoms with Crippen LogP contribution in [0, 0.1) is 0 Å². The van der Waals surface area contributed by atoms with Crippen molar-refractivity contribution in [2.75, 3.05) is 26.2 Å². The predicted molar refractivity (Wildman–Crippen MR) is 103 cm³/mol. The van der Waals surface area contributed by atoms with E-state index in [0.717, 1.165) is 24.2 Å². The fraction of sp³-hybridized carbons (Fsp3) is 0.500. The topological polar surface area (TPSA) is 92.5 Å². The maximum absolute atomic E-state index is 12.3. The lowest BCUT2D eigenvalue weighted by Crippen LogP contribution is -2.52. The minimum atomic E-state index is -0.272. The summed E-state index contributed by atoms with van der Waals surface area (Å²) in [7, 11) is 0. The van der Waals surface area contributed by atoms with Crippen LogP contribution in [0.1, 0.15) is 17.7 Å². The molecule has 27 heavy (non-hydrogen) atoms. The van der Waals surface area contributed by atoms with E-state index in [1.807, 2.05) is 36.5 Å². The van der Waals surface area contributed by atoms with Crippen molar-refractivity contribution in [3.63, 3.8) is 0 Å². The molecule has 0 radical (unpaired) electrons. The zero-order valence-electron chi connectivity index (χ0n) is 15.2. The molecule has 1 atom stereocenters. The first kappa shape index (κ1) is 21.1. The fourth-order valence-electron chi connectivity index (χ4n) is 2.96. The van der Waals surface area contributed by atoms with Crippen molar-refractivity contribution in [3.8, 4) is 0 Å². The highest BCUT2D eigenvalue weighted by molar-refractivity contribution is 5.85. The quantitative estimate of drug-likeness (QED) is 0.732. The van der Waals surface area contributed by atoms with Crippen molar-refractivity contribution in [1.82, 2.24) is 25.2 Å². The number of aliphatic hydroxyl groups is 1. The largest absolute Gasteiger partial charge is 0.445 e. The molecule has 148 valence electrons. The molecule has 2 N–H and O–H groups in total. The number of aliphatic hydroxyl groups excluding tert-OH is 1. The summed E-state index contributed by atoms with van der Waals surface area (Å²) in [4.78, 5) is 14.0. The lowest BCUT2D eigenvalue weighted by atomic mass is 10.1. The first-order chi connectivity index (χ1) is 12.7. The molecular formula is C18H26ClN5O3. The van der Waals surface area contributed by atoms with Crippen LogP contribution in [0.15, 0.2) is 36.5 Å². The van der Waals surface area contributed by atoms with Crippen LogP contribution in [0.4, 0.5) is 4.79 Å². The molecule has 0 spiro atoms. The molecule has 0 unspecified atom stereocenters. The number of piperazine rings is 1. The van der Waals surface area contributed by atoms with Gasteiger partial charge >= 0.3 is 6.09 Å². The van der Waals surface area contributed by atoms with Crippen LogP contribution < -0.4 is 5.32 Å². The predicted octanol–water partition coefficient (Wildman–Crippen LogP) is 1.24. The number of amides is 1. The first-order valence-corrected chi connectivity index (χ1v) is 8.93. The summed E-state index contributed by atoms with van der Waals surface area (Å²) in [6, 6.07) is 9.88. The molecule has 9 heteroatoms. The average molecular weight is 396 g/mol. The van der Waals surface area contributed by atoms with E-state index in [1.165, 1.54) is 0 Å². The number of carbonyl (C=O) groups is 1. The molecular weight excluding hydrogens is 370 g/mol. The van der Waals surface area contributed by atoms with E-state index < -0.39 is 0 Å². The minimum Gasteiger partial charge on any atom is -0.445 e. The van der Waals surface area contributed by atoms with Gasteiger partial charge in [0, 0.05) is 51.4 Å². The number of ether oxygens (including phenoxy) is 1. The normalized spacial score (nSPS) is 16.6. The molecule has 1 saturated heterocycles. The number of aromatic nitrogens is 3. The van der Waals surface area contributed by atoms with Gasteiger partial charge in [0.05, 0.1) is 5.69 Å². The molecule has 3 rings (SSSR count). The third-order valence-corrected chi connectivity index (χ3v) is 4.38. The monoisotopic (exact) mass is 395 g/mol. The number of nitrogens with one attached hydrogen (secondary N) is 1. The molecule has 1 aromatic heterocycles. The highest BCUT2D eigenvalue weighted by Gasteiger charge is 2.24. The van der Waals surface area contributed by atoms with E-state index in [2.05, 4.69) is 15.6 Å². The van der Waals surface area contributed by atoms with Crippen LogP contribution in [-0.2, 0) is 24.3 Å². The number of aryl methyl sites for hydroxylation is 1. The number of halogens is 1. The first-order valence-electron chi connectivity index (χ1n) is 8.93. The molecule has 2 heterocycles. The Bertz CT molecular complexity index is 697. The second-order valence-corrected chi connectivity index (χ2v) is 6.37. The van der Waals surface area contributed by atoms with Crippen LogP contribution in [0.25, 0.3) is 0 Å². The lowest BCUT2D eigenvalue weighted by Gasteiger charge is -2.33. The van der Waals surface area contributed by atoms with Gasteiger partial charge in [-0.3, -0.25) is 4.68 Å². The van der Waals surface area contributed by atoms with E-state index in [-0.39, 0.29) is 31.1 Å². The molecule has 0 saturated carbocycles. The van der Waals surface area contributed by atoms with E-state index >= 15 is 0 Å². The number of hydrogen-bond acceptors (Lipinski definition) is 6. The number of hydrogen-bond donors (Lipinski definition) is 2. The van der Waals surface area contributed by atoms with Gasteiger partial charge in [0.15, 0.2) is 0 Å². The van der Waals surface area contributed by atoms with E-state index in [9.17, 15) is 4.79 Å². The SMILES string of the molecule is Cl.O=C(OCc1ccccc1)N1CCN[C@H](CCn2cc(CCO)nn2)C1. The van der Waals surface area contributed by atoms with E-state index in [4.69, 9.17) is 9.84 Å². The second-order valence-electron chi connectivity index (χ2n) is 6.37. The molecule has 2 aromatic rings. The highest BCUT2D eigenvalue weighted by Crippen LogP contribution is 2.08. The van der Waals surface area contributed by atoms with Gasteiger partial charge < -0.3 is 20.1 Å². The smallest absolute Gasteiger partial charge is 0.410 e. The summed E-state index contributed by atoms with van der Waals surface area (Å²) in [6.07, 6.45) is 2.93. The Balaban J connectivity index is 0.00000261. The molecule has 1 aromatic carbocycles. The van der Waals surface area contributed by atoms with Gasteiger partial charge in [-0.15, -0.1) is 17.5 Å². The lowest BCUT2D eigenvalue weighted by molar-refractivity contribution is 0.0837. The molecule has 1 aliphatic rings. The van der Waals surface area contributed by atoms with Crippen molar-refractivity contribution in [1.29, 1.82) is 0 Å². The maximum atomic E-state index is 12.3. The van der Waals surface area contributed by atoms with Gasteiger partial charge in [0.2, 0.25) is 0 Å². The Labute approximate surface area is 164 Å².